The maximum absolute atomic E-state index is 11.7. The Labute approximate surface area is 172 Å². The maximum atomic E-state index is 11.7. The molecule has 1 aliphatic rings. The molecule has 0 aromatic heterocycles. The van der Waals surface area contributed by atoms with Crippen LogP contribution in [0.25, 0.3) is 0 Å². The Morgan fingerprint density at radius 2 is 1.82 bits per heavy atom. The van der Waals surface area contributed by atoms with Crippen molar-refractivity contribution < 1.29 is 13.2 Å². The largest absolute Gasteiger partial charge is 0.495 e. The van der Waals surface area contributed by atoms with Crippen LogP contribution in [-0.4, -0.2) is 27.8 Å². The number of hydrogen-bond acceptors (Lipinski definition) is 4. The molecule has 1 fully saturated rings. The van der Waals surface area contributed by atoms with Gasteiger partial charge in [0.1, 0.15) is 5.75 Å². The predicted molar refractivity (Wildman–Crippen MR) is 116 cm³/mol. The number of ether oxygens (including phenoxy) is 1. The summed E-state index contributed by atoms with van der Waals surface area (Å²) in [5.74, 6) is 1.69. The fraction of sp³-hybridized carbons (Fsp3) is 0.429. The van der Waals surface area contributed by atoms with Gasteiger partial charge in [-0.2, -0.15) is 0 Å². The molecule has 2 aromatic rings. The van der Waals surface area contributed by atoms with Crippen molar-refractivity contribution in [1.82, 2.24) is 0 Å². The lowest BCUT2D eigenvalue weighted by Crippen LogP contribution is -2.14. The molecule has 2 N–H and O–H groups in total. The Morgan fingerprint density at radius 3 is 2.43 bits per heavy atom. The molecule has 0 amide bonds. The van der Waals surface area contributed by atoms with Crippen LogP contribution in [-0.2, 0) is 10.0 Å². The van der Waals surface area contributed by atoms with E-state index < -0.39 is 10.0 Å². The van der Waals surface area contributed by atoms with Gasteiger partial charge in [-0.1, -0.05) is 37.6 Å². The van der Waals surface area contributed by atoms with E-state index in [2.05, 4.69) is 23.9 Å². The van der Waals surface area contributed by atoms with Crippen molar-refractivity contribution in [2.75, 3.05) is 29.4 Å². The molecule has 2 aromatic carbocycles. The van der Waals surface area contributed by atoms with Crippen molar-refractivity contribution in [1.29, 1.82) is 0 Å². The summed E-state index contributed by atoms with van der Waals surface area (Å²) < 4.78 is 31.4. The van der Waals surface area contributed by atoms with Crippen molar-refractivity contribution >= 4 is 33.0 Å². The number of hydrogen-bond donors (Lipinski definition) is 2. The van der Waals surface area contributed by atoms with Crippen molar-refractivity contribution in [3.05, 3.63) is 53.1 Å². The first-order chi connectivity index (χ1) is 13.2. The minimum Gasteiger partial charge on any atom is -0.495 e. The number of sulfonamides is 1. The van der Waals surface area contributed by atoms with Crippen molar-refractivity contribution in [3.8, 4) is 5.75 Å². The highest BCUT2D eigenvalue weighted by atomic mass is 35.5. The van der Waals surface area contributed by atoms with Gasteiger partial charge in [0, 0.05) is 17.3 Å². The van der Waals surface area contributed by atoms with Crippen LogP contribution in [0, 0.1) is 11.3 Å². The van der Waals surface area contributed by atoms with Crippen molar-refractivity contribution in [2.45, 2.75) is 26.7 Å². The molecule has 152 valence electrons. The number of benzene rings is 2. The number of rotatable bonds is 8. The fourth-order valence-electron chi connectivity index (χ4n) is 3.84. The smallest absolute Gasteiger partial charge is 0.232 e. The summed E-state index contributed by atoms with van der Waals surface area (Å²) in [5, 5.41) is 4.14. The van der Waals surface area contributed by atoms with E-state index in [4.69, 9.17) is 16.3 Å². The van der Waals surface area contributed by atoms with Gasteiger partial charge in [-0.25, -0.2) is 8.42 Å². The first-order valence-electron chi connectivity index (χ1n) is 9.36. The van der Waals surface area contributed by atoms with E-state index in [9.17, 15) is 8.42 Å². The SMILES string of the molecule is CCS(=O)(=O)Nc1ccc(C2C(CNc3cc(Cl)ccc3OC)C2(C)C)cc1. The summed E-state index contributed by atoms with van der Waals surface area (Å²) in [7, 11) is -1.61. The van der Waals surface area contributed by atoms with Gasteiger partial charge in [-0.3, -0.25) is 4.72 Å². The molecular weight excluding hydrogens is 396 g/mol. The highest BCUT2D eigenvalue weighted by Gasteiger charge is 2.57. The van der Waals surface area contributed by atoms with Crippen molar-refractivity contribution in [3.63, 3.8) is 0 Å². The second-order valence-electron chi connectivity index (χ2n) is 7.76. The normalized spacial score (nSPS) is 20.5. The van der Waals surface area contributed by atoms with Gasteiger partial charge in [0.2, 0.25) is 10.0 Å². The van der Waals surface area contributed by atoms with Gasteiger partial charge in [0.15, 0.2) is 0 Å². The first-order valence-corrected chi connectivity index (χ1v) is 11.4. The van der Waals surface area contributed by atoms with E-state index >= 15 is 0 Å². The third-order valence-corrected chi connectivity index (χ3v) is 7.19. The van der Waals surface area contributed by atoms with Crippen molar-refractivity contribution in [2.24, 2.45) is 11.3 Å². The van der Waals surface area contributed by atoms with E-state index in [1.54, 1.807) is 14.0 Å². The summed E-state index contributed by atoms with van der Waals surface area (Å²) in [5.41, 5.74) is 2.86. The molecule has 5 nitrogen and oxygen atoms in total. The van der Waals surface area contributed by atoms with E-state index in [1.165, 1.54) is 5.56 Å². The molecule has 3 rings (SSSR count). The maximum Gasteiger partial charge on any atom is 0.232 e. The van der Waals surface area contributed by atoms with Crippen LogP contribution in [0.5, 0.6) is 5.75 Å². The molecule has 0 bridgehead atoms. The number of halogens is 1. The molecule has 2 unspecified atom stereocenters. The number of nitrogens with one attached hydrogen (secondary N) is 2. The second-order valence-corrected chi connectivity index (χ2v) is 10.2. The Bertz CT molecular complexity index is 943. The fourth-order valence-corrected chi connectivity index (χ4v) is 4.65. The quantitative estimate of drug-likeness (QED) is 0.630. The Morgan fingerprint density at radius 1 is 1.14 bits per heavy atom. The lowest BCUT2D eigenvalue weighted by molar-refractivity contribution is 0.416. The van der Waals surface area contributed by atoms with Gasteiger partial charge < -0.3 is 10.1 Å². The highest BCUT2D eigenvalue weighted by Crippen LogP contribution is 2.64. The van der Waals surface area contributed by atoms with Crippen LogP contribution in [0.15, 0.2) is 42.5 Å². The van der Waals surface area contributed by atoms with E-state index in [0.29, 0.717) is 22.5 Å². The zero-order valence-corrected chi connectivity index (χ0v) is 18.2. The van der Waals surface area contributed by atoms with Gasteiger partial charge in [-0.15, -0.1) is 0 Å². The molecule has 0 heterocycles. The first kappa shape index (κ1) is 20.8. The molecule has 0 radical (unpaired) electrons. The Kier molecular flexibility index (Phi) is 5.82. The van der Waals surface area contributed by atoms with Gasteiger partial charge in [0.25, 0.3) is 0 Å². The monoisotopic (exact) mass is 422 g/mol. The van der Waals surface area contributed by atoms with Crippen LogP contribution in [0.2, 0.25) is 5.02 Å². The Balaban J connectivity index is 1.68. The molecular formula is C21H27ClN2O3S. The van der Waals surface area contributed by atoms with E-state index in [0.717, 1.165) is 18.0 Å². The summed E-state index contributed by atoms with van der Waals surface area (Å²) in [6.45, 7) is 6.94. The minimum absolute atomic E-state index is 0.0606. The molecule has 2 atom stereocenters. The third-order valence-electron chi connectivity index (χ3n) is 5.65. The summed E-state index contributed by atoms with van der Waals surface area (Å²) in [4.78, 5) is 0. The van der Waals surface area contributed by atoms with Crippen LogP contribution < -0.4 is 14.8 Å². The van der Waals surface area contributed by atoms with Crippen LogP contribution in [0.3, 0.4) is 0 Å². The zero-order chi connectivity index (χ0) is 20.5. The lowest BCUT2D eigenvalue weighted by atomic mass is 10.0. The summed E-state index contributed by atoms with van der Waals surface area (Å²) in [6, 6.07) is 13.2. The van der Waals surface area contributed by atoms with E-state index in [-0.39, 0.29) is 11.2 Å². The third kappa shape index (κ3) is 4.39. The zero-order valence-electron chi connectivity index (χ0n) is 16.6. The average Bonchev–Trinajstić information content (AvgIpc) is 3.21. The van der Waals surface area contributed by atoms with Crippen LogP contribution >= 0.6 is 11.6 Å². The topological polar surface area (TPSA) is 67.4 Å². The minimum atomic E-state index is -3.26. The number of methoxy groups -OCH3 is 1. The summed E-state index contributed by atoms with van der Waals surface area (Å²) >= 11 is 6.11. The average molecular weight is 423 g/mol. The molecule has 0 saturated heterocycles. The summed E-state index contributed by atoms with van der Waals surface area (Å²) in [6.07, 6.45) is 0. The lowest BCUT2D eigenvalue weighted by Gasteiger charge is -2.12. The van der Waals surface area contributed by atoms with E-state index in [1.807, 2.05) is 42.5 Å². The van der Waals surface area contributed by atoms with Gasteiger partial charge in [0.05, 0.1) is 18.6 Å². The van der Waals surface area contributed by atoms with Crippen LogP contribution in [0.1, 0.15) is 32.3 Å². The van der Waals surface area contributed by atoms with Crippen LogP contribution in [0.4, 0.5) is 11.4 Å². The molecule has 28 heavy (non-hydrogen) atoms. The number of anilines is 2. The molecule has 0 aliphatic heterocycles. The molecule has 1 aliphatic carbocycles. The van der Waals surface area contributed by atoms with Gasteiger partial charge in [-0.05, 0) is 60.1 Å². The second kappa shape index (κ2) is 7.84. The molecule has 0 spiro atoms. The molecule has 7 heteroatoms. The Hall–Kier alpha value is -1.92. The molecule has 1 saturated carbocycles. The highest BCUT2D eigenvalue weighted by molar-refractivity contribution is 7.92. The standard InChI is InChI=1S/C21H27ClN2O3S/c1-5-28(25,26)24-16-9-6-14(7-10-16)20-17(21(20,2)3)13-23-18-12-15(22)8-11-19(18)27-4/h6-12,17,20,23-24H,5,13H2,1-4H3. The predicted octanol–water partition coefficient (Wildman–Crippen LogP) is 4.96. The van der Waals surface area contributed by atoms with Gasteiger partial charge >= 0.3 is 0 Å².